The Morgan fingerprint density at radius 3 is 2.77 bits per heavy atom. The summed E-state index contributed by atoms with van der Waals surface area (Å²) in [7, 11) is 0. The van der Waals surface area contributed by atoms with Gasteiger partial charge < -0.3 is 15.0 Å². The third-order valence-corrected chi connectivity index (χ3v) is 4.34. The second-order valence-corrected chi connectivity index (χ2v) is 6.47. The highest BCUT2D eigenvalue weighted by Crippen LogP contribution is 2.13. The number of aryl methyl sites for hydroxylation is 1. The van der Waals surface area contributed by atoms with Gasteiger partial charge in [-0.15, -0.1) is 0 Å². The van der Waals surface area contributed by atoms with Crippen molar-refractivity contribution in [2.75, 3.05) is 19.7 Å². The summed E-state index contributed by atoms with van der Waals surface area (Å²) in [5.74, 6) is -0.202. The van der Waals surface area contributed by atoms with E-state index in [-0.39, 0.29) is 24.5 Å². The van der Waals surface area contributed by atoms with Gasteiger partial charge in [-0.1, -0.05) is 30.3 Å². The molecular weight excluding hydrogens is 330 g/mol. The molecule has 6 heteroatoms. The van der Waals surface area contributed by atoms with Crippen molar-refractivity contribution < 1.29 is 14.3 Å². The maximum Gasteiger partial charge on any atom is 0.255 e. The Balaban J connectivity index is 1.41. The zero-order chi connectivity index (χ0) is 18.4. The summed E-state index contributed by atoms with van der Waals surface area (Å²) in [6.07, 6.45) is 2.34. The molecule has 1 aromatic heterocycles. The second kappa shape index (κ2) is 8.58. The smallest absolute Gasteiger partial charge is 0.255 e. The summed E-state index contributed by atoms with van der Waals surface area (Å²) >= 11 is 0. The van der Waals surface area contributed by atoms with E-state index >= 15 is 0 Å². The number of amides is 2. The van der Waals surface area contributed by atoms with Gasteiger partial charge in [-0.3, -0.25) is 14.6 Å². The van der Waals surface area contributed by atoms with E-state index in [1.807, 2.05) is 43.3 Å². The van der Waals surface area contributed by atoms with Gasteiger partial charge >= 0.3 is 0 Å². The summed E-state index contributed by atoms with van der Waals surface area (Å²) in [5, 5.41) is 2.94. The highest BCUT2D eigenvalue weighted by Gasteiger charge is 2.28. The molecule has 136 valence electrons. The van der Waals surface area contributed by atoms with E-state index < -0.39 is 0 Å². The predicted octanol–water partition coefficient (Wildman–Crippen LogP) is 1.94. The lowest BCUT2D eigenvalue weighted by Gasteiger charge is -2.17. The quantitative estimate of drug-likeness (QED) is 0.861. The molecular formula is C20H23N3O3. The molecule has 1 saturated heterocycles. The van der Waals surface area contributed by atoms with E-state index in [1.165, 1.54) is 0 Å². The number of nitrogens with one attached hydrogen (secondary N) is 1. The van der Waals surface area contributed by atoms with Crippen LogP contribution in [-0.2, 0) is 16.1 Å². The molecule has 1 aliphatic heterocycles. The van der Waals surface area contributed by atoms with Crippen LogP contribution in [0.5, 0.6) is 0 Å². The number of rotatable bonds is 6. The number of benzene rings is 1. The van der Waals surface area contributed by atoms with Crippen molar-refractivity contribution in [2.24, 2.45) is 0 Å². The van der Waals surface area contributed by atoms with Crippen LogP contribution in [0, 0.1) is 6.92 Å². The highest BCUT2D eigenvalue weighted by molar-refractivity contribution is 5.94. The monoisotopic (exact) mass is 353 g/mol. The molecule has 0 unspecified atom stereocenters. The molecule has 0 radical (unpaired) electrons. The topological polar surface area (TPSA) is 71.5 Å². The first-order valence-corrected chi connectivity index (χ1v) is 8.75. The van der Waals surface area contributed by atoms with E-state index in [1.54, 1.807) is 17.2 Å². The Morgan fingerprint density at radius 1 is 1.23 bits per heavy atom. The average Bonchev–Trinajstić information content (AvgIpc) is 3.11. The van der Waals surface area contributed by atoms with Gasteiger partial charge in [-0.05, 0) is 31.0 Å². The lowest BCUT2D eigenvalue weighted by molar-refractivity contribution is -0.126. The van der Waals surface area contributed by atoms with Gasteiger partial charge in [-0.25, -0.2) is 0 Å². The Kier molecular flexibility index (Phi) is 5.96. The number of carbonyl (C=O) groups excluding carboxylic acids is 2. The van der Waals surface area contributed by atoms with E-state index in [2.05, 4.69) is 10.3 Å². The van der Waals surface area contributed by atoms with Crippen LogP contribution in [0.25, 0.3) is 0 Å². The molecule has 0 aliphatic carbocycles. The fourth-order valence-electron chi connectivity index (χ4n) is 2.94. The molecule has 6 nitrogen and oxygen atoms in total. The van der Waals surface area contributed by atoms with Crippen molar-refractivity contribution >= 4 is 11.8 Å². The van der Waals surface area contributed by atoms with Crippen LogP contribution in [0.2, 0.25) is 0 Å². The van der Waals surface area contributed by atoms with Crippen LogP contribution in [0.3, 0.4) is 0 Å². The van der Waals surface area contributed by atoms with Crippen molar-refractivity contribution in [1.29, 1.82) is 0 Å². The van der Waals surface area contributed by atoms with Crippen LogP contribution in [-0.4, -0.2) is 47.4 Å². The number of ether oxygens (including phenoxy) is 1. The van der Waals surface area contributed by atoms with Gasteiger partial charge in [0.15, 0.2) is 0 Å². The largest absolute Gasteiger partial charge is 0.367 e. The summed E-state index contributed by atoms with van der Waals surface area (Å²) in [6.45, 7) is 3.44. The van der Waals surface area contributed by atoms with Crippen LogP contribution >= 0.6 is 0 Å². The maximum atomic E-state index is 12.5. The first-order valence-electron chi connectivity index (χ1n) is 8.75. The fourth-order valence-corrected chi connectivity index (χ4v) is 2.94. The van der Waals surface area contributed by atoms with Crippen LogP contribution in [0.15, 0.2) is 48.7 Å². The Hall–Kier alpha value is -2.73. The molecule has 1 N–H and O–H groups in total. The lowest BCUT2D eigenvalue weighted by Crippen LogP contribution is -2.40. The normalized spacial score (nSPS) is 16.5. The Bertz CT molecular complexity index is 747. The summed E-state index contributed by atoms with van der Waals surface area (Å²) in [4.78, 5) is 30.4. The standard InChI is InChI=1S/C20H23N3O3/c1-15-7-8-17(11-21-15)20(25)23-10-9-18(12-23)22-19(24)14-26-13-16-5-3-2-4-6-16/h2-8,11,18H,9-10,12-14H2,1H3,(H,22,24)/t18-/m1/s1. The average molecular weight is 353 g/mol. The molecule has 2 aromatic rings. The lowest BCUT2D eigenvalue weighted by atomic mass is 10.2. The molecule has 0 bridgehead atoms. The number of nitrogens with zero attached hydrogens (tertiary/aromatic N) is 2. The molecule has 1 atom stereocenters. The minimum absolute atomic E-state index is 0.0151. The molecule has 1 aliphatic rings. The first kappa shape index (κ1) is 18.1. The number of aromatic nitrogens is 1. The zero-order valence-electron chi connectivity index (χ0n) is 14.9. The van der Waals surface area contributed by atoms with Crippen LogP contribution < -0.4 is 5.32 Å². The first-order chi connectivity index (χ1) is 12.6. The number of likely N-dealkylation sites (tertiary alicyclic amines) is 1. The second-order valence-electron chi connectivity index (χ2n) is 6.47. The highest BCUT2D eigenvalue weighted by atomic mass is 16.5. The van der Waals surface area contributed by atoms with E-state index in [0.717, 1.165) is 17.7 Å². The molecule has 1 aromatic carbocycles. The third kappa shape index (κ3) is 4.89. The zero-order valence-corrected chi connectivity index (χ0v) is 14.9. The SMILES string of the molecule is Cc1ccc(C(=O)N2CC[C@@H](NC(=O)COCc3ccccc3)C2)cn1. The molecule has 2 heterocycles. The third-order valence-electron chi connectivity index (χ3n) is 4.34. The van der Waals surface area contributed by atoms with Crippen molar-refractivity contribution in [2.45, 2.75) is 26.0 Å². The number of pyridine rings is 1. The summed E-state index contributed by atoms with van der Waals surface area (Å²) < 4.78 is 5.45. The van der Waals surface area contributed by atoms with Crippen molar-refractivity contribution in [3.05, 3.63) is 65.5 Å². The number of hydrogen-bond acceptors (Lipinski definition) is 4. The maximum absolute atomic E-state index is 12.5. The molecule has 0 saturated carbocycles. The molecule has 1 fully saturated rings. The predicted molar refractivity (Wildman–Crippen MR) is 97.5 cm³/mol. The molecule has 0 spiro atoms. The minimum atomic E-state index is -0.155. The molecule has 3 rings (SSSR count). The number of hydrogen-bond donors (Lipinski definition) is 1. The van der Waals surface area contributed by atoms with Gasteiger partial charge in [0.05, 0.1) is 12.2 Å². The van der Waals surface area contributed by atoms with Crippen molar-refractivity contribution in [3.63, 3.8) is 0 Å². The van der Waals surface area contributed by atoms with Gasteiger partial charge in [0.25, 0.3) is 5.91 Å². The van der Waals surface area contributed by atoms with Crippen molar-refractivity contribution in [3.8, 4) is 0 Å². The van der Waals surface area contributed by atoms with Gasteiger partial charge in [-0.2, -0.15) is 0 Å². The Labute approximate surface area is 153 Å². The van der Waals surface area contributed by atoms with E-state index in [0.29, 0.717) is 25.3 Å². The fraction of sp³-hybridized carbons (Fsp3) is 0.350. The van der Waals surface area contributed by atoms with Gasteiger partial charge in [0, 0.05) is 31.0 Å². The van der Waals surface area contributed by atoms with Crippen LogP contribution in [0.4, 0.5) is 0 Å². The summed E-state index contributed by atoms with van der Waals surface area (Å²) in [5.41, 5.74) is 2.49. The van der Waals surface area contributed by atoms with Crippen LogP contribution in [0.1, 0.15) is 28.0 Å². The molecule has 26 heavy (non-hydrogen) atoms. The van der Waals surface area contributed by atoms with Gasteiger partial charge in [0.1, 0.15) is 6.61 Å². The number of carbonyl (C=O) groups is 2. The Morgan fingerprint density at radius 2 is 2.04 bits per heavy atom. The minimum Gasteiger partial charge on any atom is -0.367 e. The van der Waals surface area contributed by atoms with E-state index in [9.17, 15) is 9.59 Å². The molecule has 2 amide bonds. The summed E-state index contributed by atoms with van der Waals surface area (Å²) in [6, 6.07) is 13.3. The van der Waals surface area contributed by atoms with Crippen molar-refractivity contribution in [1.82, 2.24) is 15.2 Å². The van der Waals surface area contributed by atoms with Gasteiger partial charge in [0.2, 0.25) is 5.91 Å². The van der Waals surface area contributed by atoms with E-state index in [4.69, 9.17) is 4.74 Å².